The molecule has 0 radical (unpaired) electrons. The normalized spacial score (nSPS) is 13.9. The quantitative estimate of drug-likeness (QED) is 0.557. The molecule has 7 nitrogen and oxygen atoms in total. The number of rotatable bonds is 4. The van der Waals surface area contributed by atoms with Gasteiger partial charge in [0.05, 0.1) is 17.1 Å². The Hall–Kier alpha value is -3.58. The average Bonchev–Trinajstić information content (AvgIpc) is 3.12. The van der Waals surface area contributed by atoms with Crippen LogP contribution >= 0.6 is 0 Å². The number of aromatic nitrogens is 5. The Balaban J connectivity index is 1.39. The second kappa shape index (κ2) is 7.92. The number of hydrogen-bond donors (Lipinski definition) is 1. The first-order valence-corrected chi connectivity index (χ1v) is 10.4. The number of aromatic amines is 1. The summed E-state index contributed by atoms with van der Waals surface area (Å²) in [4.78, 5) is 26.7. The second-order valence-corrected chi connectivity index (χ2v) is 8.05. The molecule has 31 heavy (non-hydrogen) atoms. The van der Waals surface area contributed by atoms with Crippen LogP contribution < -0.4 is 5.56 Å². The number of pyridine rings is 1. The van der Waals surface area contributed by atoms with Gasteiger partial charge in [-0.25, -0.2) is 9.67 Å². The molecule has 0 fully saturated rings. The molecule has 1 aliphatic heterocycles. The van der Waals surface area contributed by atoms with Gasteiger partial charge in [-0.2, -0.15) is 5.10 Å². The third-order valence-corrected chi connectivity index (χ3v) is 5.68. The van der Waals surface area contributed by atoms with Crippen LogP contribution in [-0.4, -0.2) is 36.2 Å². The van der Waals surface area contributed by atoms with Gasteiger partial charge in [-0.15, -0.1) is 0 Å². The van der Waals surface area contributed by atoms with Crippen molar-refractivity contribution in [3.05, 3.63) is 93.4 Å². The lowest BCUT2D eigenvalue weighted by molar-refractivity contribution is 0.240. The molecule has 1 N–H and O–H groups in total. The fourth-order valence-corrected chi connectivity index (χ4v) is 4.21. The lowest BCUT2D eigenvalue weighted by atomic mass is 10.0. The highest BCUT2D eigenvalue weighted by atomic mass is 16.1. The number of hydrogen-bond acceptors (Lipinski definition) is 5. The average molecular weight is 412 g/mol. The van der Waals surface area contributed by atoms with E-state index in [9.17, 15) is 4.79 Å². The summed E-state index contributed by atoms with van der Waals surface area (Å²) in [6, 6.07) is 14.3. The predicted molar refractivity (Wildman–Crippen MR) is 119 cm³/mol. The van der Waals surface area contributed by atoms with Crippen LogP contribution in [0.1, 0.15) is 28.2 Å². The Kier molecular flexibility index (Phi) is 4.95. The zero-order valence-corrected chi connectivity index (χ0v) is 17.7. The maximum absolute atomic E-state index is 12.6. The van der Waals surface area contributed by atoms with Gasteiger partial charge in [0.1, 0.15) is 5.82 Å². The van der Waals surface area contributed by atoms with Crippen molar-refractivity contribution >= 4 is 0 Å². The molecule has 7 heteroatoms. The zero-order chi connectivity index (χ0) is 21.4. The molecule has 0 amide bonds. The number of fused-ring (bicyclic) bond motifs is 1. The van der Waals surface area contributed by atoms with E-state index in [4.69, 9.17) is 4.98 Å². The van der Waals surface area contributed by atoms with Crippen molar-refractivity contribution < 1.29 is 0 Å². The molecule has 4 aromatic rings. The molecule has 1 aromatic carbocycles. The molecule has 0 saturated carbocycles. The Morgan fingerprint density at radius 3 is 2.71 bits per heavy atom. The van der Waals surface area contributed by atoms with Gasteiger partial charge in [0.15, 0.2) is 0 Å². The van der Waals surface area contributed by atoms with E-state index in [1.807, 2.05) is 23.7 Å². The van der Waals surface area contributed by atoms with Crippen molar-refractivity contribution in [2.24, 2.45) is 0 Å². The van der Waals surface area contributed by atoms with Gasteiger partial charge in [-0.05, 0) is 56.2 Å². The maximum atomic E-state index is 12.6. The van der Waals surface area contributed by atoms with Crippen LogP contribution in [0.5, 0.6) is 0 Å². The van der Waals surface area contributed by atoms with E-state index >= 15 is 0 Å². The topological polar surface area (TPSA) is 79.7 Å². The first-order valence-electron chi connectivity index (χ1n) is 10.4. The summed E-state index contributed by atoms with van der Waals surface area (Å²) in [5.41, 5.74) is 6.89. The summed E-state index contributed by atoms with van der Waals surface area (Å²) in [6.45, 7) is 6.36. The van der Waals surface area contributed by atoms with Gasteiger partial charge in [0.2, 0.25) is 0 Å². The lowest BCUT2D eigenvalue weighted by Gasteiger charge is -2.28. The highest BCUT2D eigenvalue weighted by molar-refractivity contribution is 5.54. The van der Waals surface area contributed by atoms with Crippen LogP contribution in [0.25, 0.3) is 17.1 Å². The Labute approximate surface area is 180 Å². The summed E-state index contributed by atoms with van der Waals surface area (Å²) in [5, 5.41) is 4.60. The van der Waals surface area contributed by atoms with Gasteiger partial charge in [-0.3, -0.25) is 14.7 Å². The van der Waals surface area contributed by atoms with Crippen molar-refractivity contribution in [1.29, 1.82) is 0 Å². The largest absolute Gasteiger partial charge is 0.306 e. The molecule has 0 saturated heterocycles. The minimum absolute atomic E-state index is 0.0389. The molecule has 3 aromatic heterocycles. The Bertz CT molecular complexity index is 1290. The number of nitrogens with zero attached hydrogens (tertiary/aromatic N) is 5. The third kappa shape index (κ3) is 3.92. The molecule has 156 valence electrons. The minimum atomic E-state index is -0.0389. The molecule has 4 heterocycles. The smallest absolute Gasteiger partial charge is 0.254 e. The van der Waals surface area contributed by atoms with E-state index in [0.717, 1.165) is 47.0 Å². The van der Waals surface area contributed by atoms with Crippen LogP contribution in [0.3, 0.4) is 0 Å². The van der Waals surface area contributed by atoms with Crippen LogP contribution in [0.4, 0.5) is 0 Å². The second-order valence-electron chi connectivity index (χ2n) is 8.05. The molecule has 5 rings (SSSR count). The minimum Gasteiger partial charge on any atom is -0.306 e. The molecule has 0 atom stereocenters. The summed E-state index contributed by atoms with van der Waals surface area (Å²) in [7, 11) is 0. The molecule has 0 aliphatic carbocycles. The Morgan fingerprint density at radius 2 is 1.94 bits per heavy atom. The van der Waals surface area contributed by atoms with Gasteiger partial charge < -0.3 is 4.98 Å². The molecule has 1 aliphatic rings. The SMILES string of the molecule is Cc1cc(C)n(-c2cccc(CN3CCc4c(nc(-c5ccncc5)[nH]c4=O)C3)c2)n1. The van der Waals surface area contributed by atoms with E-state index in [1.165, 1.54) is 5.56 Å². The van der Waals surface area contributed by atoms with Gasteiger partial charge in [0.25, 0.3) is 5.56 Å². The van der Waals surface area contributed by atoms with Crippen molar-refractivity contribution in [3.8, 4) is 17.1 Å². The molecular formula is C24H24N6O. The standard InChI is InChI=1S/C24H24N6O/c1-16-12-17(2)30(28-16)20-5-3-4-18(13-20)14-29-11-8-21-22(15-29)26-23(27-24(21)31)19-6-9-25-10-7-19/h3-7,9-10,12-13H,8,11,14-15H2,1-2H3,(H,26,27,31). The predicted octanol–water partition coefficient (Wildman–Crippen LogP) is 3.19. The molecule has 0 bridgehead atoms. The van der Waals surface area contributed by atoms with E-state index in [0.29, 0.717) is 18.8 Å². The summed E-state index contributed by atoms with van der Waals surface area (Å²) in [6.07, 6.45) is 4.11. The summed E-state index contributed by atoms with van der Waals surface area (Å²) in [5.74, 6) is 0.597. The number of aryl methyl sites for hydroxylation is 2. The van der Waals surface area contributed by atoms with Crippen molar-refractivity contribution in [2.45, 2.75) is 33.4 Å². The van der Waals surface area contributed by atoms with E-state index in [2.05, 4.69) is 57.2 Å². The van der Waals surface area contributed by atoms with Crippen molar-refractivity contribution in [3.63, 3.8) is 0 Å². The summed E-state index contributed by atoms with van der Waals surface area (Å²) < 4.78 is 1.98. The third-order valence-electron chi connectivity index (χ3n) is 5.68. The van der Waals surface area contributed by atoms with Crippen LogP contribution in [-0.2, 0) is 19.5 Å². The van der Waals surface area contributed by atoms with Crippen LogP contribution in [0.2, 0.25) is 0 Å². The highest BCUT2D eigenvalue weighted by Gasteiger charge is 2.21. The first kappa shape index (κ1) is 19.4. The summed E-state index contributed by atoms with van der Waals surface area (Å²) >= 11 is 0. The van der Waals surface area contributed by atoms with Crippen molar-refractivity contribution in [2.75, 3.05) is 6.54 Å². The van der Waals surface area contributed by atoms with Gasteiger partial charge in [-0.1, -0.05) is 12.1 Å². The number of benzene rings is 1. The number of nitrogens with one attached hydrogen (secondary N) is 1. The van der Waals surface area contributed by atoms with Gasteiger partial charge in [0, 0.05) is 48.8 Å². The fraction of sp³-hybridized carbons (Fsp3) is 0.250. The van der Waals surface area contributed by atoms with E-state index in [1.54, 1.807) is 12.4 Å². The zero-order valence-electron chi connectivity index (χ0n) is 17.7. The first-order chi connectivity index (χ1) is 15.1. The van der Waals surface area contributed by atoms with Gasteiger partial charge >= 0.3 is 0 Å². The molecule has 0 unspecified atom stereocenters. The van der Waals surface area contributed by atoms with Crippen LogP contribution in [0, 0.1) is 13.8 Å². The van der Waals surface area contributed by atoms with E-state index < -0.39 is 0 Å². The van der Waals surface area contributed by atoms with E-state index in [-0.39, 0.29) is 5.56 Å². The van der Waals surface area contributed by atoms with Crippen LogP contribution in [0.15, 0.2) is 59.7 Å². The fourth-order valence-electron chi connectivity index (χ4n) is 4.21. The van der Waals surface area contributed by atoms with Crippen molar-refractivity contribution in [1.82, 2.24) is 29.6 Å². The molecule has 0 spiro atoms. The monoisotopic (exact) mass is 412 g/mol. The Morgan fingerprint density at radius 1 is 1.10 bits per heavy atom. The lowest BCUT2D eigenvalue weighted by Crippen LogP contribution is -2.35. The highest BCUT2D eigenvalue weighted by Crippen LogP contribution is 2.21. The number of H-pyrrole nitrogens is 1. The maximum Gasteiger partial charge on any atom is 0.254 e. The molecular weight excluding hydrogens is 388 g/mol.